The van der Waals surface area contributed by atoms with Gasteiger partial charge in [-0.2, -0.15) is 0 Å². The van der Waals surface area contributed by atoms with Crippen molar-refractivity contribution in [2.75, 3.05) is 44.2 Å². The molecule has 0 radical (unpaired) electrons. The van der Waals surface area contributed by atoms with Gasteiger partial charge in [-0.3, -0.25) is 9.59 Å². The standard InChI is InChI=1S/C29H35N5O2/c1-4-5-16-34(29(36)25-12-8-23(3)9-13-25)21-28(35)33-19-17-32(18-20-33)27-15-14-26(30-31-27)24-10-6-22(2)7-11-24/h6-15H,4-5,16-21H2,1-3H3. The molecule has 1 aromatic heterocycles. The number of carbonyl (C=O) groups excluding carboxylic acids is 2. The van der Waals surface area contributed by atoms with Crippen LogP contribution in [-0.4, -0.2) is 71.1 Å². The second-order valence-corrected chi connectivity index (χ2v) is 9.46. The van der Waals surface area contributed by atoms with Crippen LogP contribution in [0.3, 0.4) is 0 Å². The van der Waals surface area contributed by atoms with Gasteiger partial charge >= 0.3 is 0 Å². The van der Waals surface area contributed by atoms with Crippen LogP contribution in [0.15, 0.2) is 60.7 Å². The van der Waals surface area contributed by atoms with Crippen molar-refractivity contribution in [3.8, 4) is 11.3 Å². The van der Waals surface area contributed by atoms with Gasteiger partial charge in [0.2, 0.25) is 5.91 Å². The number of rotatable bonds is 8. The van der Waals surface area contributed by atoms with Gasteiger partial charge in [-0.05, 0) is 44.5 Å². The Morgan fingerprint density at radius 3 is 2.06 bits per heavy atom. The highest BCUT2D eigenvalue weighted by atomic mass is 16.2. The van der Waals surface area contributed by atoms with Crippen molar-refractivity contribution in [1.29, 1.82) is 0 Å². The molecule has 1 saturated heterocycles. The SMILES string of the molecule is CCCCN(CC(=O)N1CCN(c2ccc(-c3ccc(C)cc3)nn2)CC1)C(=O)c1ccc(C)cc1. The number of piperazine rings is 1. The molecule has 0 saturated carbocycles. The van der Waals surface area contributed by atoms with Crippen molar-refractivity contribution < 1.29 is 9.59 Å². The van der Waals surface area contributed by atoms with E-state index in [1.807, 2.05) is 48.2 Å². The normalized spacial score (nSPS) is 13.5. The number of aryl methyl sites for hydroxylation is 2. The van der Waals surface area contributed by atoms with E-state index >= 15 is 0 Å². The van der Waals surface area contributed by atoms with Crippen molar-refractivity contribution in [2.45, 2.75) is 33.6 Å². The van der Waals surface area contributed by atoms with Gasteiger partial charge in [-0.1, -0.05) is 60.9 Å². The number of aromatic nitrogens is 2. The Morgan fingerprint density at radius 2 is 1.47 bits per heavy atom. The third-order valence-corrected chi connectivity index (χ3v) is 6.65. The van der Waals surface area contributed by atoms with E-state index in [4.69, 9.17) is 0 Å². The van der Waals surface area contributed by atoms with E-state index < -0.39 is 0 Å². The summed E-state index contributed by atoms with van der Waals surface area (Å²) >= 11 is 0. The monoisotopic (exact) mass is 485 g/mol. The fourth-order valence-electron chi connectivity index (χ4n) is 4.30. The summed E-state index contributed by atoms with van der Waals surface area (Å²) in [4.78, 5) is 31.9. The molecule has 0 bridgehead atoms. The second-order valence-electron chi connectivity index (χ2n) is 9.46. The molecule has 188 valence electrons. The van der Waals surface area contributed by atoms with Crippen molar-refractivity contribution in [3.63, 3.8) is 0 Å². The molecule has 7 heteroatoms. The van der Waals surface area contributed by atoms with Gasteiger partial charge in [0.1, 0.15) is 6.54 Å². The molecule has 4 rings (SSSR count). The number of anilines is 1. The van der Waals surface area contributed by atoms with Crippen molar-refractivity contribution in [2.24, 2.45) is 0 Å². The highest BCUT2D eigenvalue weighted by Gasteiger charge is 2.25. The zero-order chi connectivity index (χ0) is 25.5. The van der Waals surface area contributed by atoms with Gasteiger partial charge in [-0.15, -0.1) is 10.2 Å². The average Bonchev–Trinajstić information content (AvgIpc) is 2.91. The summed E-state index contributed by atoms with van der Waals surface area (Å²) in [5.41, 5.74) is 4.83. The fourth-order valence-corrected chi connectivity index (χ4v) is 4.30. The molecule has 1 fully saturated rings. The molecule has 2 aromatic carbocycles. The lowest BCUT2D eigenvalue weighted by molar-refractivity contribution is -0.132. The van der Waals surface area contributed by atoms with Crippen LogP contribution in [0.4, 0.5) is 5.82 Å². The Kier molecular flexibility index (Phi) is 8.31. The van der Waals surface area contributed by atoms with E-state index in [0.29, 0.717) is 38.3 Å². The molecule has 3 aromatic rings. The summed E-state index contributed by atoms with van der Waals surface area (Å²) < 4.78 is 0. The number of benzene rings is 2. The molecule has 2 heterocycles. The molecule has 1 aliphatic heterocycles. The van der Waals surface area contributed by atoms with Crippen LogP contribution >= 0.6 is 0 Å². The van der Waals surface area contributed by atoms with Crippen LogP contribution in [0.2, 0.25) is 0 Å². The Bertz CT molecular complexity index is 1150. The number of nitrogens with zero attached hydrogens (tertiary/aromatic N) is 5. The Morgan fingerprint density at radius 1 is 0.833 bits per heavy atom. The molecule has 0 atom stereocenters. The van der Waals surface area contributed by atoms with Crippen molar-refractivity contribution >= 4 is 17.6 Å². The molecule has 36 heavy (non-hydrogen) atoms. The lowest BCUT2D eigenvalue weighted by Crippen LogP contribution is -2.52. The summed E-state index contributed by atoms with van der Waals surface area (Å²) in [5, 5.41) is 8.85. The third-order valence-electron chi connectivity index (χ3n) is 6.65. The van der Waals surface area contributed by atoms with Gasteiger partial charge in [0, 0.05) is 43.9 Å². The Hall–Kier alpha value is -3.74. The number of hydrogen-bond donors (Lipinski definition) is 0. The van der Waals surface area contributed by atoms with Crippen molar-refractivity contribution in [3.05, 3.63) is 77.4 Å². The highest BCUT2D eigenvalue weighted by Crippen LogP contribution is 2.20. The summed E-state index contributed by atoms with van der Waals surface area (Å²) in [6, 6.07) is 19.8. The molecular formula is C29H35N5O2. The first-order valence-electron chi connectivity index (χ1n) is 12.7. The predicted molar refractivity (Wildman–Crippen MR) is 143 cm³/mol. The molecule has 0 unspecified atom stereocenters. The fraction of sp³-hybridized carbons (Fsp3) is 0.379. The van der Waals surface area contributed by atoms with E-state index in [1.54, 1.807) is 4.90 Å². The minimum Gasteiger partial charge on any atom is -0.352 e. The summed E-state index contributed by atoms with van der Waals surface area (Å²) in [6.07, 6.45) is 1.84. The Balaban J connectivity index is 1.34. The molecule has 7 nitrogen and oxygen atoms in total. The van der Waals surface area contributed by atoms with Crippen LogP contribution in [0.5, 0.6) is 0 Å². The van der Waals surface area contributed by atoms with Gasteiger partial charge in [0.15, 0.2) is 5.82 Å². The van der Waals surface area contributed by atoms with Gasteiger partial charge in [0.05, 0.1) is 5.69 Å². The lowest BCUT2D eigenvalue weighted by Gasteiger charge is -2.36. The molecule has 0 aliphatic carbocycles. The van der Waals surface area contributed by atoms with Crippen LogP contribution in [-0.2, 0) is 4.79 Å². The number of amides is 2. The quantitative estimate of drug-likeness (QED) is 0.474. The van der Waals surface area contributed by atoms with E-state index in [0.717, 1.165) is 35.5 Å². The third kappa shape index (κ3) is 6.27. The predicted octanol–water partition coefficient (Wildman–Crippen LogP) is 4.35. The summed E-state index contributed by atoms with van der Waals surface area (Å²) in [5.74, 6) is 0.725. The average molecular weight is 486 g/mol. The highest BCUT2D eigenvalue weighted by molar-refractivity contribution is 5.96. The van der Waals surface area contributed by atoms with Gasteiger partial charge in [-0.25, -0.2) is 0 Å². The largest absolute Gasteiger partial charge is 0.352 e. The first kappa shape index (κ1) is 25.4. The zero-order valence-corrected chi connectivity index (χ0v) is 21.5. The maximum Gasteiger partial charge on any atom is 0.254 e. The summed E-state index contributed by atoms with van der Waals surface area (Å²) in [7, 11) is 0. The topological polar surface area (TPSA) is 69.6 Å². The maximum absolute atomic E-state index is 13.1. The Labute approximate surface area is 213 Å². The summed E-state index contributed by atoms with van der Waals surface area (Å²) in [6.45, 7) is 9.41. The van der Waals surface area contributed by atoms with Gasteiger partial charge in [0.25, 0.3) is 5.91 Å². The number of hydrogen-bond acceptors (Lipinski definition) is 5. The molecule has 2 amide bonds. The minimum absolute atomic E-state index is 0.00739. The molecule has 0 spiro atoms. The van der Waals surface area contributed by atoms with Crippen LogP contribution in [0.1, 0.15) is 41.3 Å². The van der Waals surface area contributed by atoms with E-state index in [1.165, 1.54) is 5.56 Å². The van der Waals surface area contributed by atoms with Crippen LogP contribution in [0, 0.1) is 13.8 Å². The van der Waals surface area contributed by atoms with Crippen LogP contribution < -0.4 is 4.90 Å². The van der Waals surface area contributed by atoms with Gasteiger partial charge < -0.3 is 14.7 Å². The molecule has 0 N–H and O–H groups in total. The first-order valence-corrected chi connectivity index (χ1v) is 12.7. The van der Waals surface area contributed by atoms with E-state index in [9.17, 15) is 9.59 Å². The molecule has 1 aliphatic rings. The smallest absolute Gasteiger partial charge is 0.254 e. The molecular weight excluding hydrogens is 450 g/mol. The first-order chi connectivity index (χ1) is 17.4. The zero-order valence-electron chi connectivity index (χ0n) is 21.5. The second kappa shape index (κ2) is 11.8. The van der Waals surface area contributed by atoms with Crippen LogP contribution in [0.25, 0.3) is 11.3 Å². The van der Waals surface area contributed by atoms with E-state index in [2.05, 4.69) is 53.2 Å². The van der Waals surface area contributed by atoms with E-state index in [-0.39, 0.29) is 18.4 Å². The minimum atomic E-state index is -0.0839. The number of carbonyl (C=O) groups is 2. The lowest BCUT2D eigenvalue weighted by atomic mass is 10.1. The van der Waals surface area contributed by atoms with Crippen molar-refractivity contribution in [1.82, 2.24) is 20.0 Å². The maximum atomic E-state index is 13.1. The number of unbranched alkanes of at least 4 members (excludes halogenated alkanes) is 1.